The minimum Gasteiger partial charge on any atom is -0.309 e. The predicted molar refractivity (Wildman–Crippen MR) is 80.3 cm³/mol. The molecule has 0 aliphatic carbocycles. The first-order valence-electron chi connectivity index (χ1n) is 6.91. The van der Waals surface area contributed by atoms with Gasteiger partial charge in [0.05, 0.1) is 11.7 Å². The minimum atomic E-state index is 0.284. The number of nitrogens with zero attached hydrogens (tertiary/aromatic N) is 1. The summed E-state index contributed by atoms with van der Waals surface area (Å²) in [5.74, 6) is 0. The molecule has 1 aromatic carbocycles. The molecule has 0 aliphatic rings. The van der Waals surface area contributed by atoms with Crippen molar-refractivity contribution in [1.29, 1.82) is 0 Å². The average molecular weight is 254 g/mol. The van der Waals surface area contributed by atoms with Gasteiger partial charge in [0.25, 0.3) is 0 Å². The van der Waals surface area contributed by atoms with Crippen molar-refractivity contribution in [3.05, 3.63) is 65.0 Å². The molecule has 100 valence electrons. The van der Waals surface area contributed by atoms with Gasteiger partial charge in [-0.3, -0.25) is 4.98 Å². The molecule has 0 amide bonds. The molecule has 0 bridgehead atoms. The molecule has 0 saturated carbocycles. The van der Waals surface area contributed by atoms with Crippen LogP contribution in [0.25, 0.3) is 0 Å². The molecule has 0 saturated heterocycles. The Hall–Kier alpha value is -1.67. The summed E-state index contributed by atoms with van der Waals surface area (Å²) in [6.07, 6.45) is 2.85. The van der Waals surface area contributed by atoms with Gasteiger partial charge in [-0.25, -0.2) is 0 Å². The highest BCUT2D eigenvalue weighted by Gasteiger charge is 2.13. The number of benzene rings is 1. The molecular formula is C17H22N2. The van der Waals surface area contributed by atoms with Crippen LogP contribution in [-0.2, 0) is 6.42 Å². The second-order valence-corrected chi connectivity index (χ2v) is 5.00. The fourth-order valence-corrected chi connectivity index (χ4v) is 2.35. The standard InChI is InChI=1S/C17H22N2/c1-4-18-17(16-7-5-6-10-19-16)12-15-11-13(2)8-9-14(15)3/h5-11,17-18H,4,12H2,1-3H3. The third kappa shape index (κ3) is 3.65. The average Bonchev–Trinajstić information content (AvgIpc) is 2.43. The molecule has 2 rings (SSSR count). The lowest BCUT2D eigenvalue weighted by atomic mass is 9.97. The summed E-state index contributed by atoms with van der Waals surface area (Å²) in [5, 5.41) is 3.53. The van der Waals surface area contributed by atoms with Crippen LogP contribution in [0.1, 0.15) is 35.3 Å². The molecule has 2 heteroatoms. The van der Waals surface area contributed by atoms with Crippen LogP contribution in [0.2, 0.25) is 0 Å². The lowest BCUT2D eigenvalue weighted by Gasteiger charge is -2.19. The Bertz CT molecular complexity index is 520. The summed E-state index contributed by atoms with van der Waals surface area (Å²) in [7, 11) is 0. The molecule has 2 nitrogen and oxygen atoms in total. The summed E-state index contributed by atoms with van der Waals surface area (Å²) in [6.45, 7) is 7.41. The zero-order valence-electron chi connectivity index (χ0n) is 12.0. The van der Waals surface area contributed by atoms with E-state index < -0.39 is 0 Å². The number of pyridine rings is 1. The highest BCUT2D eigenvalue weighted by Crippen LogP contribution is 2.20. The lowest BCUT2D eigenvalue weighted by Crippen LogP contribution is -2.24. The maximum atomic E-state index is 4.48. The third-order valence-corrected chi connectivity index (χ3v) is 3.42. The van der Waals surface area contributed by atoms with Crippen LogP contribution in [0.15, 0.2) is 42.6 Å². The molecule has 0 fully saturated rings. The third-order valence-electron chi connectivity index (χ3n) is 3.42. The first-order valence-corrected chi connectivity index (χ1v) is 6.91. The highest BCUT2D eigenvalue weighted by atomic mass is 14.9. The zero-order valence-corrected chi connectivity index (χ0v) is 12.0. The molecule has 1 heterocycles. The van der Waals surface area contributed by atoms with Crippen molar-refractivity contribution in [1.82, 2.24) is 10.3 Å². The summed E-state index contributed by atoms with van der Waals surface area (Å²) in [4.78, 5) is 4.48. The van der Waals surface area contributed by atoms with Gasteiger partial charge in [0.2, 0.25) is 0 Å². The number of aromatic nitrogens is 1. The molecule has 0 radical (unpaired) electrons. The first kappa shape index (κ1) is 13.8. The van der Waals surface area contributed by atoms with Crippen molar-refractivity contribution < 1.29 is 0 Å². The van der Waals surface area contributed by atoms with Crippen molar-refractivity contribution in [2.75, 3.05) is 6.54 Å². The lowest BCUT2D eigenvalue weighted by molar-refractivity contribution is 0.535. The summed E-state index contributed by atoms with van der Waals surface area (Å²) in [5.41, 5.74) is 5.18. The maximum Gasteiger partial charge on any atom is 0.0576 e. The molecule has 0 spiro atoms. The van der Waals surface area contributed by atoms with E-state index in [0.29, 0.717) is 0 Å². The van der Waals surface area contributed by atoms with E-state index in [-0.39, 0.29) is 6.04 Å². The monoisotopic (exact) mass is 254 g/mol. The Morgan fingerprint density at radius 3 is 2.68 bits per heavy atom. The van der Waals surface area contributed by atoms with Crippen LogP contribution in [0.4, 0.5) is 0 Å². The van der Waals surface area contributed by atoms with E-state index in [2.05, 4.69) is 61.4 Å². The van der Waals surface area contributed by atoms with Crippen LogP contribution in [0, 0.1) is 13.8 Å². The van der Waals surface area contributed by atoms with Gasteiger partial charge in [-0.15, -0.1) is 0 Å². The van der Waals surface area contributed by atoms with Gasteiger partial charge < -0.3 is 5.32 Å². The van der Waals surface area contributed by atoms with E-state index >= 15 is 0 Å². The Morgan fingerprint density at radius 2 is 2.00 bits per heavy atom. The molecule has 19 heavy (non-hydrogen) atoms. The summed E-state index contributed by atoms with van der Waals surface area (Å²) >= 11 is 0. The van der Waals surface area contributed by atoms with Crippen molar-refractivity contribution in [3.63, 3.8) is 0 Å². The second kappa shape index (κ2) is 6.48. The number of hydrogen-bond donors (Lipinski definition) is 1. The van der Waals surface area contributed by atoms with Crippen LogP contribution in [-0.4, -0.2) is 11.5 Å². The van der Waals surface area contributed by atoms with Crippen molar-refractivity contribution in [2.24, 2.45) is 0 Å². The van der Waals surface area contributed by atoms with E-state index in [4.69, 9.17) is 0 Å². The Balaban J connectivity index is 2.24. The first-order chi connectivity index (χ1) is 9.20. The van der Waals surface area contributed by atoms with Gasteiger partial charge in [0.1, 0.15) is 0 Å². The van der Waals surface area contributed by atoms with Crippen LogP contribution in [0.3, 0.4) is 0 Å². The van der Waals surface area contributed by atoms with Crippen molar-refractivity contribution in [2.45, 2.75) is 33.2 Å². The van der Waals surface area contributed by atoms with E-state index in [1.54, 1.807) is 0 Å². The predicted octanol–water partition coefficient (Wildman–Crippen LogP) is 3.59. The molecule has 1 unspecified atom stereocenters. The second-order valence-electron chi connectivity index (χ2n) is 5.00. The molecule has 1 atom stereocenters. The smallest absolute Gasteiger partial charge is 0.0576 e. The summed E-state index contributed by atoms with van der Waals surface area (Å²) in [6, 6.07) is 13.0. The zero-order chi connectivity index (χ0) is 13.7. The van der Waals surface area contributed by atoms with Crippen molar-refractivity contribution >= 4 is 0 Å². The van der Waals surface area contributed by atoms with E-state index in [1.165, 1.54) is 16.7 Å². The number of likely N-dealkylation sites (N-methyl/N-ethyl adjacent to an activating group) is 1. The van der Waals surface area contributed by atoms with Gasteiger partial charge in [0.15, 0.2) is 0 Å². The topological polar surface area (TPSA) is 24.9 Å². The molecule has 0 aliphatic heterocycles. The van der Waals surface area contributed by atoms with E-state index in [9.17, 15) is 0 Å². The fourth-order valence-electron chi connectivity index (χ4n) is 2.35. The van der Waals surface area contributed by atoms with Crippen LogP contribution in [0.5, 0.6) is 0 Å². The van der Waals surface area contributed by atoms with E-state index in [0.717, 1.165) is 18.7 Å². The minimum absolute atomic E-state index is 0.284. The highest BCUT2D eigenvalue weighted by molar-refractivity contribution is 5.32. The Labute approximate surface area is 115 Å². The summed E-state index contributed by atoms with van der Waals surface area (Å²) < 4.78 is 0. The number of nitrogens with one attached hydrogen (secondary N) is 1. The molecule has 1 N–H and O–H groups in total. The van der Waals surface area contributed by atoms with Crippen molar-refractivity contribution in [3.8, 4) is 0 Å². The largest absolute Gasteiger partial charge is 0.309 e. The Kier molecular flexibility index (Phi) is 4.69. The molecule has 2 aromatic rings. The van der Waals surface area contributed by atoms with Crippen LogP contribution < -0.4 is 5.32 Å². The Morgan fingerprint density at radius 1 is 1.16 bits per heavy atom. The number of hydrogen-bond acceptors (Lipinski definition) is 2. The molecular weight excluding hydrogens is 232 g/mol. The van der Waals surface area contributed by atoms with Crippen LogP contribution >= 0.6 is 0 Å². The number of aryl methyl sites for hydroxylation is 2. The molecule has 1 aromatic heterocycles. The van der Waals surface area contributed by atoms with Gasteiger partial charge in [-0.05, 0) is 50.1 Å². The van der Waals surface area contributed by atoms with Gasteiger partial charge in [-0.2, -0.15) is 0 Å². The van der Waals surface area contributed by atoms with Gasteiger partial charge in [0, 0.05) is 6.20 Å². The SMILES string of the molecule is CCNC(Cc1cc(C)ccc1C)c1ccccn1. The van der Waals surface area contributed by atoms with Gasteiger partial charge in [-0.1, -0.05) is 36.8 Å². The van der Waals surface area contributed by atoms with E-state index in [1.807, 2.05) is 12.3 Å². The normalized spacial score (nSPS) is 12.4. The van der Waals surface area contributed by atoms with Gasteiger partial charge >= 0.3 is 0 Å². The maximum absolute atomic E-state index is 4.48. The fraction of sp³-hybridized carbons (Fsp3) is 0.353. The number of rotatable bonds is 5. The quantitative estimate of drug-likeness (QED) is 0.882.